The highest BCUT2D eigenvalue weighted by Gasteiger charge is 2.48. The van der Waals surface area contributed by atoms with E-state index in [1.807, 2.05) is 0 Å². The van der Waals surface area contributed by atoms with Gasteiger partial charge in [-0.1, -0.05) is 24.3 Å². The van der Waals surface area contributed by atoms with Gasteiger partial charge >= 0.3 is 15.6 Å². The Morgan fingerprint density at radius 2 is 1.89 bits per heavy atom. The van der Waals surface area contributed by atoms with Crippen LogP contribution in [0.2, 0.25) is 0 Å². The number of fused-ring (bicyclic) bond motifs is 1. The molecule has 1 amide bonds. The van der Waals surface area contributed by atoms with Crippen LogP contribution in [0.1, 0.15) is 46.8 Å². The molecule has 1 aliphatic heterocycles. The zero-order valence-corrected chi connectivity index (χ0v) is 20.5. The number of hydrogen-bond acceptors (Lipinski definition) is 6. The average Bonchev–Trinajstić information content (AvgIpc) is 2.81. The monoisotopic (exact) mass is 524 g/mol. The molecule has 7 nitrogen and oxygen atoms in total. The van der Waals surface area contributed by atoms with E-state index in [4.69, 9.17) is 0 Å². The first kappa shape index (κ1) is 27.4. The number of nitrogens with one attached hydrogen (secondary N) is 1. The standard InChI is InChI=1S/C25H27F3N2O5S/c1-18(31)21-6-4-5-19(15-21)7-10-24(32)29-12-2-3-13-30-14-11-20-8-9-23(16-22(20)17-30)35-36(33,34)25(26,27)28/h4-10,15-16H,2-3,11-14,17H2,1H3,(H,29,32)/b10-7+. The number of amides is 1. The van der Waals surface area contributed by atoms with Gasteiger partial charge in [-0.05, 0) is 73.7 Å². The minimum absolute atomic E-state index is 0.0462. The minimum Gasteiger partial charge on any atom is -0.376 e. The van der Waals surface area contributed by atoms with Crippen molar-refractivity contribution in [1.82, 2.24) is 10.2 Å². The third-order valence-electron chi connectivity index (χ3n) is 5.68. The zero-order chi connectivity index (χ0) is 26.3. The molecule has 0 bridgehead atoms. The van der Waals surface area contributed by atoms with E-state index in [9.17, 15) is 31.2 Å². The Hall–Kier alpha value is -3.18. The van der Waals surface area contributed by atoms with Crippen molar-refractivity contribution in [1.29, 1.82) is 0 Å². The van der Waals surface area contributed by atoms with E-state index in [-0.39, 0.29) is 17.4 Å². The summed E-state index contributed by atoms with van der Waals surface area (Å²) in [6.07, 6.45) is 5.27. The van der Waals surface area contributed by atoms with Gasteiger partial charge in [0.15, 0.2) is 5.78 Å². The number of nitrogens with zero attached hydrogens (tertiary/aromatic N) is 1. The SMILES string of the molecule is CC(=O)c1cccc(/C=C/C(=O)NCCCCN2CCc3ccc(OS(=O)(=O)C(F)(F)F)cc3C2)c1. The third kappa shape index (κ3) is 7.66. The highest BCUT2D eigenvalue weighted by atomic mass is 32.2. The number of Topliss-reactive ketones (excluding diaryl/α,β-unsaturated/α-hetero) is 1. The topological polar surface area (TPSA) is 92.8 Å². The number of hydrogen-bond donors (Lipinski definition) is 1. The van der Waals surface area contributed by atoms with Gasteiger partial charge in [0.05, 0.1) is 0 Å². The lowest BCUT2D eigenvalue weighted by atomic mass is 9.99. The van der Waals surface area contributed by atoms with E-state index >= 15 is 0 Å². The van der Waals surface area contributed by atoms with Gasteiger partial charge in [-0.3, -0.25) is 14.5 Å². The Labute approximate surface area is 208 Å². The Morgan fingerprint density at radius 3 is 2.61 bits per heavy atom. The van der Waals surface area contributed by atoms with E-state index in [0.717, 1.165) is 42.6 Å². The third-order valence-corrected chi connectivity index (χ3v) is 6.66. The zero-order valence-electron chi connectivity index (χ0n) is 19.7. The van der Waals surface area contributed by atoms with Crippen LogP contribution in [0.4, 0.5) is 13.2 Å². The average molecular weight is 525 g/mol. The van der Waals surface area contributed by atoms with Crippen LogP contribution in [0.15, 0.2) is 48.5 Å². The van der Waals surface area contributed by atoms with Crippen molar-refractivity contribution >= 4 is 27.9 Å². The second kappa shape index (κ2) is 11.7. The second-order valence-electron chi connectivity index (χ2n) is 8.45. The first-order valence-corrected chi connectivity index (χ1v) is 12.8. The number of ketones is 1. The molecular formula is C25H27F3N2O5S. The predicted octanol–water partition coefficient (Wildman–Crippen LogP) is 4.09. The van der Waals surface area contributed by atoms with Crippen LogP contribution in [0.3, 0.4) is 0 Å². The lowest BCUT2D eigenvalue weighted by Gasteiger charge is -2.29. The lowest BCUT2D eigenvalue weighted by molar-refractivity contribution is -0.116. The molecule has 0 aliphatic carbocycles. The molecule has 0 saturated carbocycles. The molecule has 1 N–H and O–H groups in total. The second-order valence-corrected chi connectivity index (χ2v) is 9.99. The molecule has 0 saturated heterocycles. The summed E-state index contributed by atoms with van der Waals surface area (Å²) < 4.78 is 64.5. The van der Waals surface area contributed by atoms with Crippen molar-refractivity contribution in [3.63, 3.8) is 0 Å². The lowest BCUT2D eigenvalue weighted by Crippen LogP contribution is -2.32. The molecule has 2 aromatic rings. The van der Waals surface area contributed by atoms with Crippen molar-refractivity contribution in [2.45, 2.75) is 38.2 Å². The molecule has 0 aromatic heterocycles. The Kier molecular flexibility index (Phi) is 8.91. The highest BCUT2D eigenvalue weighted by Crippen LogP contribution is 2.29. The quantitative estimate of drug-likeness (QED) is 0.166. The molecule has 0 spiro atoms. The van der Waals surface area contributed by atoms with Gasteiger partial charge in [-0.25, -0.2) is 0 Å². The summed E-state index contributed by atoms with van der Waals surface area (Å²) in [4.78, 5) is 25.6. The predicted molar refractivity (Wildman–Crippen MR) is 129 cm³/mol. The molecule has 0 unspecified atom stereocenters. The van der Waals surface area contributed by atoms with Gasteiger partial charge in [0.2, 0.25) is 5.91 Å². The number of benzene rings is 2. The first-order chi connectivity index (χ1) is 16.9. The minimum atomic E-state index is -5.71. The van der Waals surface area contributed by atoms with Crippen molar-refractivity contribution < 1.29 is 35.4 Å². The first-order valence-electron chi connectivity index (χ1n) is 11.4. The van der Waals surface area contributed by atoms with Crippen molar-refractivity contribution in [2.75, 3.05) is 19.6 Å². The number of alkyl halides is 3. The fourth-order valence-corrected chi connectivity index (χ4v) is 4.22. The van der Waals surface area contributed by atoms with E-state index in [2.05, 4.69) is 14.4 Å². The van der Waals surface area contributed by atoms with Gasteiger partial charge < -0.3 is 9.50 Å². The van der Waals surface area contributed by atoms with E-state index < -0.39 is 15.6 Å². The molecule has 0 atom stereocenters. The normalized spacial score (nSPS) is 14.4. The van der Waals surface area contributed by atoms with E-state index in [1.165, 1.54) is 25.1 Å². The molecule has 3 rings (SSSR count). The summed E-state index contributed by atoms with van der Waals surface area (Å²) in [5.41, 5.74) is -2.49. The van der Waals surface area contributed by atoms with Crippen LogP contribution in [-0.4, -0.2) is 50.2 Å². The molecule has 36 heavy (non-hydrogen) atoms. The summed E-state index contributed by atoms with van der Waals surface area (Å²) >= 11 is 0. The summed E-state index contributed by atoms with van der Waals surface area (Å²) in [5.74, 6) is -0.650. The maximum atomic E-state index is 12.6. The Balaban J connectivity index is 1.42. The van der Waals surface area contributed by atoms with Gasteiger partial charge in [0.25, 0.3) is 0 Å². The van der Waals surface area contributed by atoms with Crippen LogP contribution in [0.5, 0.6) is 5.75 Å². The number of unbranched alkanes of at least 4 members (excludes halogenated alkanes) is 1. The molecule has 194 valence electrons. The largest absolute Gasteiger partial charge is 0.534 e. The number of halogens is 3. The maximum Gasteiger partial charge on any atom is 0.534 e. The van der Waals surface area contributed by atoms with Crippen molar-refractivity contribution in [2.24, 2.45) is 0 Å². The van der Waals surface area contributed by atoms with Gasteiger partial charge in [-0.15, -0.1) is 0 Å². The summed E-state index contributed by atoms with van der Waals surface area (Å²) in [5, 5.41) is 2.81. The van der Waals surface area contributed by atoms with E-state index in [1.54, 1.807) is 36.4 Å². The maximum absolute atomic E-state index is 12.6. The number of rotatable bonds is 10. The number of carbonyl (C=O) groups excluding carboxylic acids is 2. The van der Waals surface area contributed by atoms with Crippen LogP contribution >= 0.6 is 0 Å². The van der Waals surface area contributed by atoms with Crippen LogP contribution < -0.4 is 9.50 Å². The van der Waals surface area contributed by atoms with Crippen molar-refractivity contribution in [3.05, 3.63) is 70.8 Å². The molecule has 1 aliphatic rings. The highest BCUT2D eigenvalue weighted by molar-refractivity contribution is 7.88. The Morgan fingerprint density at radius 1 is 1.11 bits per heavy atom. The molecule has 2 aromatic carbocycles. The summed E-state index contributed by atoms with van der Waals surface area (Å²) in [6.45, 7) is 3.91. The van der Waals surface area contributed by atoms with Gasteiger partial charge in [-0.2, -0.15) is 21.6 Å². The fourth-order valence-electron chi connectivity index (χ4n) is 3.77. The fraction of sp³-hybridized carbons (Fsp3) is 0.360. The molecule has 0 fully saturated rings. The molecule has 1 heterocycles. The smallest absolute Gasteiger partial charge is 0.376 e. The number of carbonyl (C=O) groups is 2. The summed E-state index contributed by atoms with van der Waals surface area (Å²) in [7, 11) is -5.71. The molecule has 0 radical (unpaired) electrons. The van der Waals surface area contributed by atoms with Gasteiger partial charge in [0.1, 0.15) is 5.75 Å². The van der Waals surface area contributed by atoms with Crippen molar-refractivity contribution in [3.8, 4) is 5.75 Å². The van der Waals surface area contributed by atoms with Crippen LogP contribution in [0, 0.1) is 0 Å². The Bertz CT molecular complexity index is 1240. The van der Waals surface area contributed by atoms with Gasteiger partial charge in [0, 0.05) is 31.3 Å². The summed E-state index contributed by atoms with van der Waals surface area (Å²) in [6, 6.07) is 11.1. The van der Waals surface area contributed by atoms with E-state index in [0.29, 0.717) is 25.1 Å². The van der Waals surface area contributed by atoms with Crippen LogP contribution in [-0.2, 0) is 27.9 Å². The van der Waals surface area contributed by atoms with Crippen LogP contribution in [0.25, 0.3) is 6.08 Å². The molecule has 11 heteroatoms. The molecular weight excluding hydrogens is 497 g/mol.